The molecule has 18 heavy (non-hydrogen) atoms. The van der Waals surface area contributed by atoms with Crippen LogP contribution in [-0.4, -0.2) is 4.98 Å². The van der Waals surface area contributed by atoms with Gasteiger partial charge in [-0.25, -0.2) is 4.98 Å². The van der Waals surface area contributed by atoms with Crippen LogP contribution in [-0.2, 0) is 5.41 Å². The van der Waals surface area contributed by atoms with Crippen molar-refractivity contribution in [3.8, 4) is 11.6 Å². The largest absolute Gasteiger partial charge is 0.439 e. The van der Waals surface area contributed by atoms with Gasteiger partial charge < -0.3 is 4.74 Å². The molecule has 0 saturated carbocycles. The Kier molecular flexibility index (Phi) is 3.37. The Labute approximate surface area is 109 Å². The predicted octanol–water partition coefficient (Wildman–Crippen LogP) is 4.48. The maximum Gasteiger partial charge on any atom is 0.219 e. The van der Waals surface area contributed by atoms with Crippen molar-refractivity contribution in [1.82, 2.24) is 4.98 Å². The van der Waals surface area contributed by atoms with Crippen molar-refractivity contribution in [2.45, 2.75) is 33.1 Å². The molecule has 2 rings (SSSR count). The maximum atomic E-state index is 5.69. The first-order valence-electron chi connectivity index (χ1n) is 6.16. The van der Waals surface area contributed by atoms with Crippen LogP contribution in [0.2, 0.25) is 0 Å². The van der Waals surface area contributed by atoms with E-state index in [1.165, 1.54) is 5.56 Å². The van der Waals surface area contributed by atoms with Gasteiger partial charge in [-0.05, 0) is 35.6 Å². The highest BCUT2D eigenvalue weighted by molar-refractivity contribution is 5.33. The van der Waals surface area contributed by atoms with Crippen molar-refractivity contribution in [1.29, 1.82) is 0 Å². The molecule has 0 atom stereocenters. The molecule has 1 aromatic heterocycles. The number of pyridine rings is 1. The molecule has 2 nitrogen and oxygen atoms in total. The minimum atomic E-state index is 0.167. The van der Waals surface area contributed by atoms with E-state index in [1.54, 1.807) is 6.20 Å². The third-order valence-electron chi connectivity index (χ3n) is 2.83. The summed E-state index contributed by atoms with van der Waals surface area (Å²) in [5.74, 6) is 1.45. The lowest BCUT2D eigenvalue weighted by atomic mass is 9.87. The van der Waals surface area contributed by atoms with E-state index in [2.05, 4.69) is 37.9 Å². The van der Waals surface area contributed by atoms with Crippen LogP contribution in [0.5, 0.6) is 11.6 Å². The van der Waals surface area contributed by atoms with E-state index in [-0.39, 0.29) is 5.41 Å². The van der Waals surface area contributed by atoms with Gasteiger partial charge in [0.05, 0.1) is 0 Å². The van der Waals surface area contributed by atoms with Crippen molar-refractivity contribution < 1.29 is 4.74 Å². The third-order valence-corrected chi connectivity index (χ3v) is 2.83. The average Bonchev–Trinajstić information content (AvgIpc) is 2.32. The quantitative estimate of drug-likeness (QED) is 0.773. The third kappa shape index (κ3) is 3.10. The standard InChI is InChI=1S/C16H19NO/c1-12-5-10-15(17-11-12)18-14-8-6-13(7-9-14)16(2,3)4/h5-11H,1-4H3. The van der Waals surface area contributed by atoms with Crippen LogP contribution >= 0.6 is 0 Å². The Hall–Kier alpha value is -1.83. The summed E-state index contributed by atoms with van der Waals surface area (Å²) in [6.07, 6.45) is 1.80. The van der Waals surface area contributed by atoms with Crippen LogP contribution in [0, 0.1) is 6.92 Å². The van der Waals surface area contributed by atoms with Crippen molar-refractivity contribution in [3.05, 3.63) is 53.7 Å². The fourth-order valence-corrected chi connectivity index (χ4v) is 1.66. The van der Waals surface area contributed by atoms with Gasteiger partial charge in [0.1, 0.15) is 5.75 Å². The smallest absolute Gasteiger partial charge is 0.219 e. The van der Waals surface area contributed by atoms with Crippen molar-refractivity contribution in [2.24, 2.45) is 0 Å². The molecule has 0 bridgehead atoms. The minimum Gasteiger partial charge on any atom is -0.439 e. The number of hydrogen-bond donors (Lipinski definition) is 0. The molecule has 2 aromatic rings. The number of nitrogens with zero attached hydrogens (tertiary/aromatic N) is 1. The second-order valence-corrected chi connectivity index (χ2v) is 5.55. The molecule has 0 radical (unpaired) electrons. The van der Waals surface area contributed by atoms with Gasteiger partial charge in [0.15, 0.2) is 0 Å². The van der Waals surface area contributed by atoms with Crippen LogP contribution in [0.15, 0.2) is 42.6 Å². The van der Waals surface area contributed by atoms with E-state index < -0.39 is 0 Å². The summed E-state index contributed by atoms with van der Waals surface area (Å²) in [6, 6.07) is 12.1. The molecule has 0 unspecified atom stereocenters. The Morgan fingerprint density at radius 1 is 0.944 bits per heavy atom. The monoisotopic (exact) mass is 241 g/mol. The number of aryl methyl sites for hydroxylation is 1. The molecule has 1 heterocycles. The Bertz CT molecular complexity index is 506. The van der Waals surface area contributed by atoms with E-state index in [0.717, 1.165) is 11.3 Å². The highest BCUT2D eigenvalue weighted by Gasteiger charge is 2.13. The zero-order chi connectivity index (χ0) is 13.2. The van der Waals surface area contributed by atoms with Gasteiger partial charge in [0.2, 0.25) is 5.88 Å². The van der Waals surface area contributed by atoms with Gasteiger partial charge in [0.25, 0.3) is 0 Å². The molecule has 94 valence electrons. The van der Waals surface area contributed by atoms with Gasteiger partial charge in [-0.15, -0.1) is 0 Å². The normalized spacial score (nSPS) is 11.3. The minimum absolute atomic E-state index is 0.167. The molecule has 0 aliphatic carbocycles. The lowest BCUT2D eigenvalue weighted by Crippen LogP contribution is -2.10. The molecule has 2 heteroatoms. The van der Waals surface area contributed by atoms with Crippen molar-refractivity contribution in [3.63, 3.8) is 0 Å². The second-order valence-electron chi connectivity index (χ2n) is 5.55. The van der Waals surface area contributed by atoms with Crippen LogP contribution in [0.25, 0.3) is 0 Å². The molecular weight excluding hydrogens is 222 g/mol. The highest BCUT2D eigenvalue weighted by Crippen LogP contribution is 2.26. The number of hydrogen-bond acceptors (Lipinski definition) is 2. The molecule has 0 spiro atoms. The zero-order valence-corrected chi connectivity index (χ0v) is 11.4. The molecule has 0 aliphatic heterocycles. The van der Waals surface area contributed by atoms with Gasteiger partial charge in [-0.2, -0.15) is 0 Å². The Morgan fingerprint density at radius 3 is 2.11 bits per heavy atom. The van der Waals surface area contributed by atoms with E-state index in [0.29, 0.717) is 5.88 Å². The maximum absolute atomic E-state index is 5.69. The number of rotatable bonds is 2. The molecule has 0 saturated heterocycles. The zero-order valence-electron chi connectivity index (χ0n) is 11.4. The van der Waals surface area contributed by atoms with Crippen LogP contribution < -0.4 is 4.74 Å². The van der Waals surface area contributed by atoms with Crippen LogP contribution in [0.4, 0.5) is 0 Å². The highest BCUT2D eigenvalue weighted by atomic mass is 16.5. The summed E-state index contributed by atoms with van der Waals surface area (Å²) in [5, 5.41) is 0. The second kappa shape index (κ2) is 4.81. The summed E-state index contributed by atoms with van der Waals surface area (Å²) < 4.78 is 5.69. The van der Waals surface area contributed by atoms with Crippen LogP contribution in [0.3, 0.4) is 0 Å². The average molecular weight is 241 g/mol. The van der Waals surface area contributed by atoms with Gasteiger partial charge >= 0.3 is 0 Å². The van der Waals surface area contributed by atoms with Gasteiger partial charge in [-0.1, -0.05) is 39.0 Å². The summed E-state index contributed by atoms with van der Waals surface area (Å²) in [5.41, 5.74) is 2.60. The lowest BCUT2D eigenvalue weighted by Gasteiger charge is -2.19. The summed E-state index contributed by atoms with van der Waals surface area (Å²) >= 11 is 0. The SMILES string of the molecule is Cc1ccc(Oc2ccc(C(C)(C)C)cc2)nc1. The first-order chi connectivity index (χ1) is 8.45. The molecule has 0 amide bonds. The van der Waals surface area contributed by atoms with E-state index >= 15 is 0 Å². The number of benzene rings is 1. The van der Waals surface area contributed by atoms with Crippen molar-refractivity contribution >= 4 is 0 Å². The molecule has 0 N–H and O–H groups in total. The fourth-order valence-electron chi connectivity index (χ4n) is 1.66. The van der Waals surface area contributed by atoms with Crippen molar-refractivity contribution in [2.75, 3.05) is 0 Å². The van der Waals surface area contributed by atoms with E-state index in [1.807, 2.05) is 31.2 Å². The molecule has 0 fully saturated rings. The van der Waals surface area contributed by atoms with E-state index in [9.17, 15) is 0 Å². The first-order valence-corrected chi connectivity index (χ1v) is 6.16. The van der Waals surface area contributed by atoms with Gasteiger partial charge in [-0.3, -0.25) is 0 Å². The Balaban J connectivity index is 2.13. The summed E-state index contributed by atoms with van der Waals surface area (Å²) in [4.78, 5) is 4.22. The number of ether oxygens (including phenoxy) is 1. The predicted molar refractivity (Wildman–Crippen MR) is 74.2 cm³/mol. The first kappa shape index (κ1) is 12.6. The number of aromatic nitrogens is 1. The van der Waals surface area contributed by atoms with Crippen LogP contribution in [0.1, 0.15) is 31.9 Å². The summed E-state index contributed by atoms with van der Waals surface area (Å²) in [7, 11) is 0. The molecule has 0 aliphatic rings. The van der Waals surface area contributed by atoms with Gasteiger partial charge in [0, 0.05) is 12.3 Å². The summed E-state index contributed by atoms with van der Waals surface area (Å²) in [6.45, 7) is 8.61. The Morgan fingerprint density at radius 2 is 1.61 bits per heavy atom. The molecule has 1 aromatic carbocycles. The fraction of sp³-hybridized carbons (Fsp3) is 0.312. The van der Waals surface area contributed by atoms with E-state index in [4.69, 9.17) is 4.74 Å². The molecular formula is C16H19NO. The lowest BCUT2D eigenvalue weighted by molar-refractivity contribution is 0.462. The topological polar surface area (TPSA) is 22.1 Å².